The summed E-state index contributed by atoms with van der Waals surface area (Å²) in [4.78, 5) is 29.7. The Morgan fingerprint density at radius 1 is 1.36 bits per heavy atom. The van der Waals surface area contributed by atoms with Gasteiger partial charge in [-0.3, -0.25) is 14.0 Å². The van der Waals surface area contributed by atoms with Crippen LogP contribution in [0.5, 0.6) is 0 Å². The molecule has 3 heterocycles. The number of carbonyl (C=O) groups excluding carboxylic acids is 2. The van der Waals surface area contributed by atoms with Crippen LogP contribution in [0.3, 0.4) is 0 Å². The molecule has 8 nitrogen and oxygen atoms in total. The molecule has 0 aliphatic heterocycles. The number of esters is 1. The molecule has 1 amide bonds. The van der Waals surface area contributed by atoms with E-state index in [0.29, 0.717) is 5.16 Å². The van der Waals surface area contributed by atoms with Crippen molar-refractivity contribution in [2.24, 2.45) is 0 Å². The van der Waals surface area contributed by atoms with Crippen LogP contribution in [0.15, 0.2) is 11.5 Å². The van der Waals surface area contributed by atoms with Crippen molar-refractivity contribution in [1.82, 2.24) is 24.9 Å². The summed E-state index contributed by atoms with van der Waals surface area (Å²) in [6.45, 7) is 5.97. The van der Waals surface area contributed by atoms with Gasteiger partial charge >= 0.3 is 5.97 Å². The average Bonchev–Trinajstić information content (AvgIpc) is 3.12. The third-order valence-electron chi connectivity index (χ3n) is 3.61. The van der Waals surface area contributed by atoms with Crippen LogP contribution in [-0.4, -0.2) is 50.4 Å². The molecule has 0 saturated heterocycles. The number of ether oxygens (including phenoxy) is 1. The predicted octanol–water partition coefficient (Wildman–Crippen LogP) is 1.73. The Kier molecular flexibility index (Phi) is 5.19. The number of fused-ring (bicyclic) bond motifs is 3. The van der Waals surface area contributed by atoms with Crippen LogP contribution in [-0.2, 0) is 14.3 Å². The van der Waals surface area contributed by atoms with Gasteiger partial charge in [0.05, 0.1) is 17.7 Å². The molecule has 0 spiro atoms. The highest BCUT2D eigenvalue weighted by Gasteiger charge is 2.16. The SMILES string of the molecule is CCOC(=O)CNC(=O)CSc1nnc2c3c(C)c(C)sc3ncn12. The van der Waals surface area contributed by atoms with Gasteiger partial charge in [0.1, 0.15) is 17.7 Å². The lowest BCUT2D eigenvalue weighted by Crippen LogP contribution is -2.31. The Morgan fingerprint density at radius 2 is 2.16 bits per heavy atom. The molecule has 0 aliphatic carbocycles. The number of rotatable bonds is 6. The van der Waals surface area contributed by atoms with E-state index in [1.165, 1.54) is 16.6 Å². The summed E-state index contributed by atoms with van der Waals surface area (Å²) in [5.41, 5.74) is 1.88. The predicted molar refractivity (Wildman–Crippen MR) is 96.0 cm³/mol. The summed E-state index contributed by atoms with van der Waals surface area (Å²) in [6.07, 6.45) is 1.67. The number of nitrogens with one attached hydrogen (secondary N) is 1. The summed E-state index contributed by atoms with van der Waals surface area (Å²) in [5, 5.41) is 12.5. The molecular weight excluding hydrogens is 362 g/mol. The van der Waals surface area contributed by atoms with Crippen LogP contribution in [0, 0.1) is 13.8 Å². The fraction of sp³-hybridized carbons (Fsp3) is 0.400. The van der Waals surface area contributed by atoms with E-state index in [4.69, 9.17) is 4.74 Å². The standard InChI is InChI=1S/C15H17N5O3S2/c1-4-23-11(22)5-16-10(21)6-24-15-19-18-13-12-8(2)9(3)25-14(12)17-7-20(13)15/h7H,4-6H2,1-3H3,(H,16,21). The second-order valence-corrected chi connectivity index (χ2v) is 7.40. The fourth-order valence-electron chi connectivity index (χ4n) is 2.29. The first-order chi connectivity index (χ1) is 12.0. The molecule has 0 aliphatic rings. The van der Waals surface area contributed by atoms with Crippen molar-refractivity contribution in [3.8, 4) is 0 Å². The average molecular weight is 379 g/mol. The van der Waals surface area contributed by atoms with Gasteiger partial charge in [-0.1, -0.05) is 11.8 Å². The number of aromatic nitrogens is 4. The molecule has 10 heteroatoms. The van der Waals surface area contributed by atoms with E-state index in [-0.39, 0.29) is 24.8 Å². The van der Waals surface area contributed by atoms with Gasteiger partial charge in [0.2, 0.25) is 5.91 Å². The molecule has 1 N–H and O–H groups in total. The molecule has 0 saturated carbocycles. The molecule has 3 aromatic rings. The van der Waals surface area contributed by atoms with Crippen LogP contribution in [0.1, 0.15) is 17.4 Å². The molecule has 3 aromatic heterocycles. The number of thiophene rings is 1. The minimum absolute atomic E-state index is 0.125. The molecule has 0 aromatic carbocycles. The number of hydrogen-bond donors (Lipinski definition) is 1. The van der Waals surface area contributed by atoms with Crippen molar-refractivity contribution in [3.63, 3.8) is 0 Å². The second kappa shape index (κ2) is 7.36. The van der Waals surface area contributed by atoms with Crippen LogP contribution in [0.4, 0.5) is 0 Å². The molecule has 0 bridgehead atoms. The minimum Gasteiger partial charge on any atom is -0.465 e. The van der Waals surface area contributed by atoms with Crippen LogP contribution < -0.4 is 5.32 Å². The maximum atomic E-state index is 11.8. The summed E-state index contributed by atoms with van der Waals surface area (Å²) in [6, 6.07) is 0. The van der Waals surface area contributed by atoms with Crippen LogP contribution in [0.2, 0.25) is 0 Å². The van der Waals surface area contributed by atoms with Gasteiger partial charge in [0, 0.05) is 4.88 Å². The van der Waals surface area contributed by atoms with Crippen molar-refractivity contribution in [3.05, 3.63) is 16.8 Å². The first-order valence-corrected chi connectivity index (χ1v) is 9.46. The molecule has 25 heavy (non-hydrogen) atoms. The van der Waals surface area contributed by atoms with Gasteiger partial charge in [-0.15, -0.1) is 21.5 Å². The third-order valence-corrected chi connectivity index (χ3v) is 5.67. The van der Waals surface area contributed by atoms with Crippen molar-refractivity contribution in [1.29, 1.82) is 0 Å². The molecular formula is C15H17N5O3S2. The highest BCUT2D eigenvalue weighted by molar-refractivity contribution is 7.99. The van der Waals surface area contributed by atoms with E-state index >= 15 is 0 Å². The van der Waals surface area contributed by atoms with Crippen molar-refractivity contribution in [2.75, 3.05) is 18.9 Å². The molecule has 0 unspecified atom stereocenters. The minimum atomic E-state index is -0.455. The maximum Gasteiger partial charge on any atom is 0.325 e. The Labute approximate surface area is 152 Å². The van der Waals surface area contributed by atoms with E-state index in [1.807, 2.05) is 6.92 Å². The molecule has 0 atom stereocenters. The first-order valence-electron chi connectivity index (χ1n) is 7.65. The van der Waals surface area contributed by atoms with Gasteiger partial charge < -0.3 is 10.1 Å². The second-order valence-electron chi connectivity index (χ2n) is 5.25. The number of thioether (sulfide) groups is 1. The van der Waals surface area contributed by atoms with E-state index < -0.39 is 5.97 Å². The lowest BCUT2D eigenvalue weighted by atomic mass is 10.2. The van der Waals surface area contributed by atoms with Gasteiger partial charge in [-0.2, -0.15) is 0 Å². The van der Waals surface area contributed by atoms with Crippen LogP contribution in [0.25, 0.3) is 15.9 Å². The quantitative estimate of drug-likeness (QED) is 0.514. The number of nitrogens with zero attached hydrogens (tertiary/aromatic N) is 4. The molecule has 3 rings (SSSR count). The van der Waals surface area contributed by atoms with Gasteiger partial charge in [0.25, 0.3) is 0 Å². The Bertz CT molecular complexity index is 950. The van der Waals surface area contributed by atoms with Crippen LogP contribution >= 0.6 is 23.1 Å². The fourth-order valence-corrected chi connectivity index (χ4v) is 4.01. The molecule has 132 valence electrons. The number of amides is 1. The summed E-state index contributed by atoms with van der Waals surface area (Å²) < 4.78 is 6.54. The lowest BCUT2D eigenvalue weighted by molar-refractivity contribution is -0.143. The van der Waals surface area contributed by atoms with Gasteiger partial charge in [-0.25, -0.2) is 4.98 Å². The zero-order valence-electron chi connectivity index (χ0n) is 14.0. The Morgan fingerprint density at radius 3 is 2.92 bits per heavy atom. The van der Waals surface area contributed by atoms with E-state index in [1.54, 1.807) is 29.0 Å². The zero-order chi connectivity index (χ0) is 18.0. The Hall–Kier alpha value is -2.20. The van der Waals surface area contributed by atoms with Crippen molar-refractivity contribution >= 4 is 50.8 Å². The van der Waals surface area contributed by atoms with Gasteiger partial charge in [-0.05, 0) is 26.3 Å². The summed E-state index contributed by atoms with van der Waals surface area (Å²) >= 11 is 2.87. The summed E-state index contributed by atoms with van der Waals surface area (Å²) in [5.74, 6) is -0.602. The topological polar surface area (TPSA) is 98.5 Å². The van der Waals surface area contributed by atoms with E-state index in [0.717, 1.165) is 21.4 Å². The highest BCUT2D eigenvalue weighted by Crippen LogP contribution is 2.31. The smallest absolute Gasteiger partial charge is 0.325 e. The monoisotopic (exact) mass is 379 g/mol. The summed E-state index contributed by atoms with van der Waals surface area (Å²) in [7, 11) is 0. The normalized spacial score (nSPS) is 11.2. The number of aryl methyl sites for hydroxylation is 2. The zero-order valence-corrected chi connectivity index (χ0v) is 15.7. The largest absolute Gasteiger partial charge is 0.465 e. The van der Waals surface area contributed by atoms with E-state index in [9.17, 15) is 9.59 Å². The van der Waals surface area contributed by atoms with Crippen molar-refractivity contribution in [2.45, 2.75) is 25.9 Å². The van der Waals surface area contributed by atoms with Crippen molar-refractivity contribution < 1.29 is 14.3 Å². The number of carbonyl (C=O) groups is 2. The first kappa shape index (κ1) is 17.6. The molecule has 0 fully saturated rings. The van der Waals surface area contributed by atoms with E-state index in [2.05, 4.69) is 27.4 Å². The lowest BCUT2D eigenvalue weighted by Gasteiger charge is -2.04. The van der Waals surface area contributed by atoms with Gasteiger partial charge in [0.15, 0.2) is 10.8 Å². The Balaban J connectivity index is 1.71. The molecule has 0 radical (unpaired) electrons. The number of hydrogen-bond acceptors (Lipinski definition) is 8. The highest BCUT2D eigenvalue weighted by atomic mass is 32.2. The maximum absolute atomic E-state index is 11.8. The third kappa shape index (κ3) is 3.59.